The number of pyridine rings is 1. The Morgan fingerprint density at radius 2 is 2.20 bits per heavy atom. The molecule has 1 aromatic heterocycles. The van der Waals surface area contributed by atoms with Gasteiger partial charge in [-0.3, -0.25) is 0 Å². The maximum absolute atomic E-state index is 11.3. The van der Waals surface area contributed by atoms with Crippen molar-refractivity contribution in [3.8, 4) is 0 Å². The number of nitrogens with zero attached hydrogens (tertiary/aromatic N) is 1. The predicted octanol–water partition coefficient (Wildman–Crippen LogP) is 2.23. The Labute approximate surface area is 115 Å². The summed E-state index contributed by atoms with van der Waals surface area (Å²) < 4.78 is 5.05. The molecule has 1 aromatic rings. The molecular weight excluding hydrogens is 269 g/mol. The SMILES string of the molecule is CC(C)(C)OC(=O)Nc1cc[c-]nc1.[Y]. The molecule has 0 saturated carbocycles. The van der Waals surface area contributed by atoms with Crippen molar-refractivity contribution in [2.24, 2.45) is 0 Å². The van der Waals surface area contributed by atoms with E-state index in [1.165, 1.54) is 6.20 Å². The van der Waals surface area contributed by atoms with Crippen molar-refractivity contribution >= 4 is 11.8 Å². The van der Waals surface area contributed by atoms with Gasteiger partial charge in [-0.2, -0.15) is 6.07 Å². The standard InChI is InChI=1S/C10H13N2O2.Y/c1-10(2,3)14-9(13)12-8-5-4-6-11-7-8;/h4-5,7H,1-3H3,(H,12,13);/q-1;. The van der Waals surface area contributed by atoms with Crippen LogP contribution in [0.5, 0.6) is 0 Å². The Morgan fingerprint density at radius 1 is 1.53 bits per heavy atom. The van der Waals surface area contributed by atoms with Crippen LogP contribution in [0.3, 0.4) is 0 Å². The van der Waals surface area contributed by atoms with Gasteiger partial charge in [-0.25, -0.2) is 4.79 Å². The van der Waals surface area contributed by atoms with Gasteiger partial charge in [0.1, 0.15) is 5.60 Å². The van der Waals surface area contributed by atoms with Crippen molar-refractivity contribution in [1.82, 2.24) is 4.98 Å². The second-order valence-electron chi connectivity index (χ2n) is 3.80. The Balaban J connectivity index is 0.00000196. The van der Waals surface area contributed by atoms with E-state index in [-0.39, 0.29) is 32.7 Å². The van der Waals surface area contributed by atoms with Gasteiger partial charge in [-0.15, -0.1) is 6.07 Å². The zero-order valence-electron chi connectivity index (χ0n) is 9.07. The molecule has 0 fully saturated rings. The summed E-state index contributed by atoms with van der Waals surface area (Å²) in [4.78, 5) is 15.0. The smallest absolute Gasteiger partial charge is 0.410 e. The summed E-state index contributed by atoms with van der Waals surface area (Å²) in [5, 5.41) is 2.55. The van der Waals surface area contributed by atoms with Crippen LogP contribution in [0, 0.1) is 6.20 Å². The fourth-order valence-corrected chi connectivity index (χ4v) is 0.815. The van der Waals surface area contributed by atoms with Crippen molar-refractivity contribution in [2.45, 2.75) is 26.4 Å². The molecule has 0 aliphatic carbocycles. The molecule has 1 amide bonds. The van der Waals surface area contributed by atoms with E-state index in [0.717, 1.165) is 0 Å². The molecule has 4 nitrogen and oxygen atoms in total. The second-order valence-corrected chi connectivity index (χ2v) is 3.80. The largest absolute Gasteiger partial charge is 0.444 e. The average Bonchev–Trinajstić information content (AvgIpc) is 2.02. The number of rotatable bonds is 1. The first kappa shape index (κ1) is 14.5. The third kappa shape index (κ3) is 6.58. The van der Waals surface area contributed by atoms with Crippen molar-refractivity contribution in [2.75, 3.05) is 5.32 Å². The van der Waals surface area contributed by atoms with Gasteiger partial charge in [0.25, 0.3) is 0 Å². The molecule has 1 rings (SSSR count). The summed E-state index contributed by atoms with van der Waals surface area (Å²) in [6, 6.07) is 3.31. The van der Waals surface area contributed by atoms with Gasteiger partial charge in [-0.1, -0.05) is 12.4 Å². The first-order valence-electron chi connectivity index (χ1n) is 4.29. The summed E-state index contributed by atoms with van der Waals surface area (Å²) in [5.74, 6) is 0. The topological polar surface area (TPSA) is 51.2 Å². The van der Waals surface area contributed by atoms with Crippen molar-refractivity contribution in [1.29, 1.82) is 0 Å². The molecule has 0 atom stereocenters. The minimum absolute atomic E-state index is 0. The number of carbonyl (C=O) groups excluding carboxylic acids is 1. The van der Waals surface area contributed by atoms with E-state index >= 15 is 0 Å². The molecule has 0 aliphatic rings. The van der Waals surface area contributed by atoms with E-state index in [1.54, 1.807) is 12.1 Å². The number of nitrogens with one attached hydrogen (secondary N) is 1. The Morgan fingerprint density at radius 3 is 2.67 bits per heavy atom. The van der Waals surface area contributed by atoms with Gasteiger partial charge in [0, 0.05) is 32.7 Å². The zero-order valence-corrected chi connectivity index (χ0v) is 11.9. The molecule has 5 heteroatoms. The zero-order chi connectivity index (χ0) is 10.6. The Kier molecular flexibility index (Phi) is 5.99. The van der Waals surface area contributed by atoms with Gasteiger partial charge < -0.3 is 15.0 Å². The van der Waals surface area contributed by atoms with Crippen LogP contribution in [0.25, 0.3) is 0 Å². The molecule has 15 heavy (non-hydrogen) atoms. The van der Waals surface area contributed by atoms with Gasteiger partial charge in [0.2, 0.25) is 0 Å². The van der Waals surface area contributed by atoms with Crippen molar-refractivity contribution in [3.05, 3.63) is 24.5 Å². The van der Waals surface area contributed by atoms with Crippen LogP contribution in [-0.4, -0.2) is 16.7 Å². The maximum Gasteiger partial charge on any atom is 0.410 e. The maximum atomic E-state index is 11.3. The molecule has 0 aliphatic heterocycles. The number of carbonyl (C=O) groups is 1. The molecule has 0 saturated heterocycles. The summed E-state index contributed by atoms with van der Waals surface area (Å²) in [6.45, 7) is 5.43. The number of anilines is 1. The first-order chi connectivity index (χ1) is 6.47. The summed E-state index contributed by atoms with van der Waals surface area (Å²) in [7, 11) is 0. The minimum atomic E-state index is -0.488. The van der Waals surface area contributed by atoms with Crippen LogP contribution < -0.4 is 5.32 Å². The third-order valence-corrected chi connectivity index (χ3v) is 1.26. The molecule has 1 radical (unpaired) electrons. The number of amides is 1. The summed E-state index contributed by atoms with van der Waals surface area (Å²) in [5.41, 5.74) is 0.108. The molecular formula is C10H13N2O2Y-. The van der Waals surface area contributed by atoms with Gasteiger partial charge in [-0.05, 0) is 26.5 Å². The number of aromatic nitrogens is 1. The monoisotopic (exact) mass is 282 g/mol. The van der Waals surface area contributed by atoms with Crippen LogP contribution in [0.1, 0.15) is 20.8 Å². The van der Waals surface area contributed by atoms with Gasteiger partial charge in [0.15, 0.2) is 0 Å². The first-order valence-corrected chi connectivity index (χ1v) is 4.29. The molecule has 1 heterocycles. The van der Waals surface area contributed by atoms with Crippen molar-refractivity contribution < 1.29 is 42.2 Å². The average molecular weight is 282 g/mol. The van der Waals surface area contributed by atoms with Crippen LogP contribution in [-0.2, 0) is 37.4 Å². The molecule has 0 unspecified atom stereocenters. The van der Waals surface area contributed by atoms with E-state index in [4.69, 9.17) is 4.74 Å². The molecule has 0 spiro atoms. The Bertz CT molecular complexity index is 309. The fourth-order valence-electron chi connectivity index (χ4n) is 0.815. The summed E-state index contributed by atoms with van der Waals surface area (Å²) >= 11 is 0. The number of ether oxygens (including phenoxy) is 1. The van der Waals surface area contributed by atoms with Gasteiger partial charge in [0.05, 0.1) is 0 Å². The van der Waals surface area contributed by atoms with Crippen LogP contribution in [0.15, 0.2) is 18.3 Å². The summed E-state index contributed by atoms with van der Waals surface area (Å²) in [6.07, 6.45) is 3.64. The molecule has 1 N–H and O–H groups in total. The third-order valence-electron chi connectivity index (χ3n) is 1.26. The van der Waals surface area contributed by atoms with E-state index in [9.17, 15) is 4.79 Å². The molecule has 0 bridgehead atoms. The van der Waals surface area contributed by atoms with E-state index in [0.29, 0.717) is 5.69 Å². The van der Waals surface area contributed by atoms with Gasteiger partial charge >= 0.3 is 6.09 Å². The van der Waals surface area contributed by atoms with E-state index < -0.39 is 11.7 Å². The van der Waals surface area contributed by atoms with Crippen LogP contribution >= 0.6 is 0 Å². The molecule has 0 aromatic carbocycles. The number of hydrogen-bond donors (Lipinski definition) is 1. The number of hydrogen-bond acceptors (Lipinski definition) is 3. The second kappa shape index (κ2) is 6.18. The Hall–Kier alpha value is -0.476. The minimum Gasteiger partial charge on any atom is -0.444 e. The van der Waals surface area contributed by atoms with Crippen LogP contribution in [0.4, 0.5) is 10.5 Å². The normalized spacial score (nSPS) is 10.1. The van der Waals surface area contributed by atoms with E-state index in [1.807, 2.05) is 20.8 Å². The van der Waals surface area contributed by atoms with E-state index in [2.05, 4.69) is 16.5 Å². The fraction of sp³-hybridized carbons (Fsp3) is 0.400. The molecule has 79 valence electrons. The van der Waals surface area contributed by atoms with Crippen molar-refractivity contribution in [3.63, 3.8) is 0 Å². The van der Waals surface area contributed by atoms with Crippen LogP contribution in [0.2, 0.25) is 0 Å². The predicted molar refractivity (Wildman–Crippen MR) is 52.9 cm³/mol. The quantitative estimate of drug-likeness (QED) is 0.803.